The van der Waals surface area contributed by atoms with Crippen LogP contribution in [0, 0.1) is 5.92 Å². The van der Waals surface area contributed by atoms with Crippen molar-refractivity contribution in [3.63, 3.8) is 0 Å². The van der Waals surface area contributed by atoms with Crippen LogP contribution in [0.15, 0.2) is 30.3 Å². The lowest BCUT2D eigenvalue weighted by molar-refractivity contribution is -0.176. The number of benzene rings is 1. The Morgan fingerprint density at radius 3 is 2.46 bits per heavy atom. The number of rotatable bonds is 4. The molecule has 3 aliphatic heterocycles. The molecule has 0 aromatic heterocycles. The Kier molecular flexibility index (Phi) is 3.96. The predicted octanol–water partition coefficient (Wildman–Crippen LogP) is 1.96. The summed E-state index contributed by atoms with van der Waals surface area (Å²) in [5.74, 6) is -0.823. The molecule has 4 rings (SSSR count). The number of ether oxygens (including phenoxy) is 2. The van der Waals surface area contributed by atoms with Gasteiger partial charge in [0, 0.05) is 0 Å². The van der Waals surface area contributed by atoms with Crippen molar-refractivity contribution in [3.8, 4) is 0 Å². The van der Waals surface area contributed by atoms with E-state index in [9.17, 15) is 9.59 Å². The van der Waals surface area contributed by atoms with Crippen LogP contribution in [0.2, 0.25) is 0 Å². The van der Waals surface area contributed by atoms with Crippen molar-refractivity contribution >= 4 is 17.5 Å². The Hall–Kier alpha value is -2.12. The molecule has 0 saturated carbocycles. The fourth-order valence-corrected chi connectivity index (χ4v) is 4.09. The number of nitrogens with one attached hydrogen (secondary N) is 1. The first-order chi connectivity index (χ1) is 12.3. The Morgan fingerprint density at radius 2 is 1.81 bits per heavy atom. The van der Waals surface area contributed by atoms with Crippen LogP contribution in [-0.2, 0) is 19.1 Å². The van der Waals surface area contributed by atoms with Gasteiger partial charge in [0.2, 0.25) is 0 Å². The SMILES string of the molecule is CC(C)C[C@H]1C(=O)N(Nc2ccccc2)[C@H]2[C@H]3OC(C)(C)O[C@H]3C(=O)N21. The van der Waals surface area contributed by atoms with Gasteiger partial charge in [0.25, 0.3) is 11.8 Å². The highest BCUT2D eigenvalue weighted by molar-refractivity contribution is 5.96. The highest BCUT2D eigenvalue weighted by Gasteiger charge is 2.66. The maximum atomic E-state index is 13.1. The molecule has 2 amide bonds. The summed E-state index contributed by atoms with van der Waals surface area (Å²) in [7, 11) is 0. The summed E-state index contributed by atoms with van der Waals surface area (Å²) in [5, 5.41) is 1.55. The minimum absolute atomic E-state index is 0.104. The molecule has 7 nitrogen and oxygen atoms in total. The third-order valence-electron chi connectivity index (χ3n) is 5.05. The summed E-state index contributed by atoms with van der Waals surface area (Å²) in [4.78, 5) is 27.8. The number of hydrazine groups is 1. The van der Waals surface area contributed by atoms with Crippen molar-refractivity contribution in [3.05, 3.63) is 30.3 Å². The van der Waals surface area contributed by atoms with Crippen molar-refractivity contribution in [1.29, 1.82) is 0 Å². The molecule has 1 aromatic carbocycles. The van der Waals surface area contributed by atoms with Gasteiger partial charge in [-0.25, -0.2) is 5.01 Å². The molecule has 4 atom stereocenters. The van der Waals surface area contributed by atoms with Gasteiger partial charge in [-0.15, -0.1) is 0 Å². The fraction of sp³-hybridized carbons (Fsp3) is 0.579. The lowest BCUT2D eigenvalue weighted by atomic mass is 10.0. The summed E-state index contributed by atoms with van der Waals surface area (Å²) in [6.45, 7) is 7.68. The van der Waals surface area contributed by atoms with Gasteiger partial charge >= 0.3 is 0 Å². The molecule has 0 spiro atoms. The smallest absolute Gasteiger partial charge is 0.265 e. The van der Waals surface area contributed by atoms with Gasteiger partial charge in [0.1, 0.15) is 12.1 Å². The second-order valence-corrected chi connectivity index (χ2v) is 8.01. The van der Waals surface area contributed by atoms with Crippen LogP contribution in [0.3, 0.4) is 0 Å². The van der Waals surface area contributed by atoms with E-state index in [-0.39, 0.29) is 17.7 Å². The molecule has 1 aromatic rings. The summed E-state index contributed by atoms with van der Waals surface area (Å²) in [6, 6.07) is 8.98. The highest BCUT2D eigenvalue weighted by atomic mass is 16.8. The van der Waals surface area contributed by atoms with E-state index < -0.39 is 30.2 Å². The molecule has 0 aliphatic carbocycles. The molecule has 0 radical (unpaired) electrons. The van der Waals surface area contributed by atoms with Gasteiger partial charge in [-0.2, -0.15) is 0 Å². The zero-order valence-electron chi connectivity index (χ0n) is 15.5. The summed E-state index contributed by atoms with van der Waals surface area (Å²) >= 11 is 0. The van der Waals surface area contributed by atoms with Crippen LogP contribution in [0.25, 0.3) is 0 Å². The Bertz CT molecular complexity index is 721. The quantitative estimate of drug-likeness (QED) is 0.890. The van der Waals surface area contributed by atoms with E-state index in [1.165, 1.54) is 0 Å². The van der Waals surface area contributed by atoms with E-state index in [0.29, 0.717) is 6.42 Å². The van der Waals surface area contributed by atoms with Crippen molar-refractivity contribution in [2.24, 2.45) is 5.92 Å². The average molecular weight is 359 g/mol. The van der Waals surface area contributed by atoms with Gasteiger partial charge < -0.3 is 14.4 Å². The van der Waals surface area contributed by atoms with Gasteiger partial charge in [-0.1, -0.05) is 32.0 Å². The van der Waals surface area contributed by atoms with Crippen LogP contribution in [0.4, 0.5) is 5.69 Å². The normalized spacial score (nSPS) is 32.3. The average Bonchev–Trinajstić information content (AvgIpc) is 3.11. The molecular weight excluding hydrogens is 334 g/mol. The summed E-state index contributed by atoms with van der Waals surface area (Å²) in [5.41, 5.74) is 3.97. The number of fused-ring (bicyclic) bond motifs is 3. The maximum Gasteiger partial charge on any atom is 0.265 e. The molecule has 3 fully saturated rings. The molecule has 26 heavy (non-hydrogen) atoms. The fourth-order valence-electron chi connectivity index (χ4n) is 4.09. The number of amides is 2. The molecular formula is C19H25N3O4. The van der Waals surface area contributed by atoms with Gasteiger partial charge in [-0.05, 0) is 38.3 Å². The second-order valence-electron chi connectivity index (χ2n) is 8.01. The first-order valence-electron chi connectivity index (χ1n) is 9.11. The van der Waals surface area contributed by atoms with Crippen molar-refractivity contribution < 1.29 is 19.1 Å². The first-order valence-corrected chi connectivity index (χ1v) is 9.11. The van der Waals surface area contributed by atoms with Crippen LogP contribution < -0.4 is 5.43 Å². The van der Waals surface area contributed by atoms with Crippen molar-refractivity contribution in [1.82, 2.24) is 9.91 Å². The zero-order chi connectivity index (χ0) is 18.6. The second kappa shape index (κ2) is 5.96. The topological polar surface area (TPSA) is 71.1 Å². The molecule has 0 unspecified atom stereocenters. The third-order valence-corrected chi connectivity index (χ3v) is 5.05. The van der Waals surface area contributed by atoms with E-state index in [2.05, 4.69) is 5.43 Å². The third kappa shape index (κ3) is 2.66. The number of anilines is 1. The largest absolute Gasteiger partial charge is 0.340 e. The van der Waals surface area contributed by atoms with Crippen LogP contribution in [0.5, 0.6) is 0 Å². The van der Waals surface area contributed by atoms with E-state index in [1.807, 2.05) is 44.2 Å². The minimum atomic E-state index is -0.839. The predicted molar refractivity (Wildman–Crippen MR) is 94.6 cm³/mol. The molecule has 3 saturated heterocycles. The van der Waals surface area contributed by atoms with Gasteiger partial charge in [-0.3, -0.25) is 15.0 Å². The van der Waals surface area contributed by atoms with Crippen LogP contribution >= 0.6 is 0 Å². The molecule has 0 bridgehead atoms. The van der Waals surface area contributed by atoms with E-state index in [1.54, 1.807) is 23.8 Å². The Morgan fingerprint density at radius 1 is 1.12 bits per heavy atom. The van der Waals surface area contributed by atoms with Crippen LogP contribution in [0.1, 0.15) is 34.1 Å². The number of nitrogens with zero attached hydrogens (tertiary/aromatic N) is 2. The Labute approximate surface area is 153 Å². The van der Waals surface area contributed by atoms with Crippen molar-refractivity contribution in [2.45, 2.75) is 64.3 Å². The number of carbonyl (C=O) groups is 2. The van der Waals surface area contributed by atoms with E-state index >= 15 is 0 Å². The van der Waals surface area contributed by atoms with Crippen molar-refractivity contribution in [2.75, 3.05) is 5.43 Å². The maximum absolute atomic E-state index is 13.1. The molecule has 7 heteroatoms. The zero-order valence-corrected chi connectivity index (χ0v) is 15.5. The first kappa shape index (κ1) is 17.3. The minimum Gasteiger partial charge on any atom is -0.340 e. The lowest BCUT2D eigenvalue weighted by Crippen LogP contribution is -2.48. The molecule has 1 N–H and O–H groups in total. The van der Waals surface area contributed by atoms with E-state index in [0.717, 1.165) is 5.69 Å². The summed E-state index contributed by atoms with van der Waals surface area (Å²) in [6.07, 6.45) is -1.07. The standard InChI is InChI=1S/C19H25N3O4/c1-11(2)10-13-17(23)22(20-12-8-6-5-7-9-12)16-14-15(18(24)21(13)16)26-19(3,4)25-14/h5-9,11,13-16,20H,10H2,1-4H3/t13-,14-,15+,16-/m0/s1. The molecule has 3 heterocycles. The number of para-hydroxylation sites is 1. The Balaban J connectivity index is 1.69. The highest BCUT2D eigenvalue weighted by Crippen LogP contribution is 2.43. The van der Waals surface area contributed by atoms with Crippen LogP contribution in [-0.4, -0.2) is 51.9 Å². The van der Waals surface area contributed by atoms with Gasteiger partial charge in [0.15, 0.2) is 18.1 Å². The number of hydrogen-bond acceptors (Lipinski definition) is 5. The summed E-state index contributed by atoms with van der Waals surface area (Å²) < 4.78 is 11.8. The van der Waals surface area contributed by atoms with Gasteiger partial charge in [0.05, 0.1) is 5.69 Å². The molecule has 140 valence electrons. The lowest BCUT2D eigenvalue weighted by Gasteiger charge is -2.30. The molecule has 3 aliphatic rings. The monoisotopic (exact) mass is 359 g/mol. The number of hydrogen-bond donors (Lipinski definition) is 1. The number of carbonyl (C=O) groups excluding carboxylic acids is 2. The van der Waals surface area contributed by atoms with E-state index in [4.69, 9.17) is 9.47 Å².